The molecule has 1 saturated carbocycles. The van der Waals surface area contributed by atoms with Gasteiger partial charge in [0.15, 0.2) is 6.61 Å². The predicted octanol–water partition coefficient (Wildman–Crippen LogP) is 0.292. The number of ether oxygens (including phenoxy) is 4. The van der Waals surface area contributed by atoms with E-state index < -0.39 is 52.4 Å². The molecule has 1 unspecified atom stereocenters. The second kappa shape index (κ2) is 22.1. The van der Waals surface area contributed by atoms with Crippen LogP contribution in [0.1, 0.15) is 78.1 Å². The maximum absolute atomic E-state index is 13.6. The van der Waals surface area contributed by atoms with E-state index in [0.717, 1.165) is 36.0 Å². The number of nitrogens with one attached hydrogen (secondary N) is 3. The molecule has 1 atom stereocenters. The number of piperazine rings is 1. The van der Waals surface area contributed by atoms with Gasteiger partial charge in [-0.15, -0.1) is 0 Å². The molecule has 8 rings (SSSR count). The van der Waals surface area contributed by atoms with Crippen molar-refractivity contribution in [3.63, 3.8) is 0 Å². The minimum atomic E-state index is -3.60. The number of carbonyl (C=O) groups is 5. The molecule has 23 heteroatoms. The number of pyridine rings is 1. The molecular formula is C44H58N10O12S. The lowest BCUT2D eigenvalue weighted by atomic mass is 10.0. The van der Waals surface area contributed by atoms with Gasteiger partial charge in [-0.3, -0.25) is 48.5 Å². The van der Waals surface area contributed by atoms with Gasteiger partial charge in [0.25, 0.3) is 33.5 Å². The molecular weight excluding hydrogens is 893 g/mol. The highest BCUT2D eigenvalue weighted by molar-refractivity contribution is 7.86. The number of hydrogen-bond donors (Lipinski definition) is 3. The second-order valence-electron chi connectivity index (χ2n) is 17.1. The molecule has 362 valence electrons. The molecule has 1 aromatic carbocycles. The van der Waals surface area contributed by atoms with Crippen molar-refractivity contribution < 1.29 is 51.3 Å². The number of aromatic nitrogens is 3. The van der Waals surface area contributed by atoms with Crippen LogP contribution in [-0.2, 0) is 38.8 Å². The molecule has 5 amide bonds. The second-order valence-corrected chi connectivity index (χ2v) is 19.0. The molecule has 5 aliphatic rings. The lowest BCUT2D eigenvalue weighted by molar-refractivity contribution is -0.136. The van der Waals surface area contributed by atoms with Gasteiger partial charge in [0.1, 0.15) is 17.4 Å². The smallest absolute Gasteiger partial charge is 0.282 e. The van der Waals surface area contributed by atoms with E-state index in [4.69, 9.17) is 23.9 Å². The molecule has 0 radical (unpaired) electrons. The van der Waals surface area contributed by atoms with Gasteiger partial charge in [-0.2, -0.15) is 22.0 Å². The summed E-state index contributed by atoms with van der Waals surface area (Å²) in [6.45, 7) is 5.37. The number of rotatable bonds is 21. The number of imide groups is 2. The molecule has 3 saturated heterocycles. The maximum atomic E-state index is 13.6. The van der Waals surface area contributed by atoms with Crippen LogP contribution in [0.4, 0.5) is 5.95 Å². The minimum Gasteiger partial charge on any atom is -0.483 e. The van der Waals surface area contributed by atoms with Crippen molar-refractivity contribution in [1.29, 1.82) is 0 Å². The third-order valence-corrected chi connectivity index (χ3v) is 14.8. The monoisotopic (exact) mass is 950 g/mol. The van der Waals surface area contributed by atoms with Crippen LogP contribution < -0.4 is 26.2 Å². The van der Waals surface area contributed by atoms with E-state index in [1.807, 2.05) is 4.57 Å². The van der Waals surface area contributed by atoms with E-state index >= 15 is 0 Å². The van der Waals surface area contributed by atoms with Crippen LogP contribution in [0, 0.1) is 0 Å². The average molecular weight is 951 g/mol. The highest BCUT2D eigenvalue weighted by atomic mass is 32.2. The van der Waals surface area contributed by atoms with Crippen LogP contribution in [0.2, 0.25) is 0 Å². The van der Waals surface area contributed by atoms with Gasteiger partial charge >= 0.3 is 0 Å². The van der Waals surface area contributed by atoms with E-state index in [2.05, 4.69) is 25.8 Å². The summed E-state index contributed by atoms with van der Waals surface area (Å²) in [6.07, 6.45) is 7.14. The Morgan fingerprint density at radius 1 is 0.791 bits per heavy atom. The van der Waals surface area contributed by atoms with E-state index in [9.17, 15) is 37.2 Å². The third-order valence-electron chi connectivity index (χ3n) is 12.8. The number of amides is 5. The number of hydrogen-bond acceptors (Lipinski definition) is 16. The molecule has 0 spiro atoms. The number of fused-ring (bicyclic) bond motifs is 2. The fourth-order valence-electron chi connectivity index (χ4n) is 9.18. The van der Waals surface area contributed by atoms with Crippen LogP contribution in [0.3, 0.4) is 0 Å². The van der Waals surface area contributed by atoms with Crippen LogP contribution >= 0.6 is 0 Å². The Hall–Kier alpha value is -5.43. The van der Waals surface area contributed by atoms with Crippen LogP contribution in [0.25, 0.3) is 11.0 Å². The van der Waals surface area contributed by atoms with Crippen LogP contribution in [0.5, 0.6) is 5.75 Å². The third kappa shape index (κ3) is 11.5. The van der Waals surface area contributed by atoms with E-state index in [0.29, 0.717) is 103 Å². The van der Waals surface area contributed by atoms with Crippen molar-refractivity contribution in [2.75, 3.05) is 104 Å². The molecule has 67 heavy (non-hydrogen) atoms. The zero-order valence-electron chi connectivity index (χ0n) is 37.4. The van der Waals surface area contributed by atoms with Crippen molar-refractivity contribution in [3.05, 3.63) is 58.0 Å². The first-order valence-electron chi connectivity index (χ1n) is 23.1. The molecule has 3 aromatic rings. The van der Waals surface area contributed by atoms with Crippen LogP contribution in [0.15, 0.2) is 41.3 Å². The zero-order valence-corrected chi connectivity index (χ0v) is 38.2. The Bertz CT molecular complexity index is 2470. The Balaban J connectivity index is 0.638. The summed E-state index contributed by atoms with van der Waals surface area (Å²) in [5.41, 5.74) is 0.611. The molecule has 22 nitrogen and oxygen atoms in total. The van der Waals surface area contributed by atoms with Crippen molar-refractivity contribution >= 4 is 56.7 Å². The molecule has 4 fully saturated rings. The van der Waals surface area contributed by atoms with Crippen molar-refractivity contribution in [2.24, 2.45) is 0 Å². The molecule has 0 bridgehead atoms. The quantitative estimate of drug-likeness (QED) is 0.0959. The average Bonchev–Trinajstić information content (AvgIpc) is 3.95. The highest BCUT2D eigenvalue weighted by Crippen LogP contribution is 2.34. The summed E-state index contributed by atoms with van der Waals surface area (Å²) in [4.78, 5) is 87.6. The Labute approximate surface area is 387 Å². The molecule has 4 aliphatic heterocycles. The predicted molar refractivity (Wildman–Crippen MR) is 241 cm³/mol. The number of nitrogens with zero attached hydrogens (tertiary/aromatic N) is 7. The first kappa shape index (κ1) is 48.0. The number of carbonyl (C=O) groups excluding carboxylic acids is 5. The Kier molecular flexibility index (Phi) is 15.9. The number of benzene rings is 1. The first-order chi connectivity index (χ1) is 32.5. The fourth-order valence-corrected chi connectivity index (χ4v) is 10.8. The lowest BCUT2D eigenvalue weighted by Gasteiger charge is -2.38. The summed E-state index contributed by atoms with van der Waals surface area (Å²) < 4.78 is 54.5. The normalized spacial score (nSPS) is 20.4. The van der Waals surface area contributed by atoms with Gasteiger partial charge in [-0.25, -0.2) is 4.98 Å². The van der Waals surface area contributed by atoms with Crippen LogP contribution in [-0.4, -0.2) is 182 Å². The van der Waals surface area contributed by atoms with Crippen molar-refractivity contribution in [2.45, 2.75) is 69.5 Å². The SMILES string of the molecule is O=C(COc1cccc2c1C(=O)N(C1CCC(=O)NC1=O)C2=O)NCCOCCOCCOCCN1CCN(S(=O)(=O)N2CCC(Nc3ncc4ccc(=O)n(C5CCCC5)c4n3)CC2)CC1. The Morgan fingerprint density at radius 3 is 2.22 bits per heavy atom. The molecule has 2 aromatic heterocycles. The van der Waals surface area contributed by atoms with Crippen molar-refractivity contribution in [1.82, 2.24) is 43.6 Å². The summed E-state index contributed by atoms with van der Waals surface area (Å²) in [6, 6.07) is 6.82. The minimum absolute atomic E-state index is 0.00214. The van der Waals surface area contributed by atoms with Gasteiger partial charge in [0.2, 0.25) is 17.8 Å². The number of anilines is 1. The maximum Gasteiger partial charge on any atom is 0.282 e. The summed E-state index contributed by atoms with van der Waals surface area (Å²) in [7, 11) is -3.60. The van der Waals surface area contributed by atoms with Gasteiger partial charge in [-0.05, 0) is 50.3 Å². The van der Waals surface area contributed by atoms with E-state index in [-0.39, 0.29) is 60.5 Å². The fraction of sp³-hybridized carbons (Fsp3) is 0.591. The molecule has 1 aliphatic carbocycles. The van der Waals surface area contributed by atoms with E-state index in [1.165, 1.54) is 18.2 Å². The van der Waals surface area contributed by atoms with Gasteiger partial charge in [0.05, 0.1) is 50.8 Å². The summed E-state index contributed by atoms with van der Waals surface area (Å²) in [5.74, 6) is -2.56. The van der Waals surface area contributed by atoms with E-state index in [1.54, 1.807) is 26.9 Å². The van der Waals surface area contributed by atoms with Gasteiger partial charge in [-0.1, -0.05) is 18.9 Å². The largest absolute Gasteiger partial charge is 0.483 e. The Morgan fingerprint density at radius 2 is 1.49 bits per heavy atom. The van der Waals surface area contributed by atoms with Gasteiger partial charge < -0.3 is 29.6 Å². The standard InChI is InChI=1S/C44H58N10O12S/c55-36-10-9-34(41(58)48-36)54-42(59)33-6-3-7-35(39(33)43(54)60)66-29-37(56)45-14-22-63-24-26-65-27-25-64-23-21-50-17-19-52(20-18-50)67(61,62)51-15-12-31(13-16-51)47-44-46-28-30-8-11-38(57)53(40(30)49-44)32-4-1-2-5-32/h3,6-8,11,28,31-32,34H,1-2,4-5,9-10,12-27,29H2,(H,45,56)(H,46,47,49)(H,48,55,58). The van der Waals surface area contributed by atoms with Gasteiger partial charge in [0, 0.05) is 88.5 Å². The van der Waals surface area contributed by atoms with Crippen molar-refractivity contribution in [3.8, 4) is 5.75 Å². The topological polar surface area (TPSA) is 253 Å². The first-order valence-corrected chi connectivity index (χ1v) is 24.5. The lowest BCUT2D eigenvalue weighted by Crippen LogP contribution is -2.55. The zero-order chi connectivity index (χ0) is 46.9. The molecule has 6 heterocycles. The summed E-state index contributed by atoms with van der Waals surface area (Å²) >= 11 is 0. The highest BCUT2D eigenvalue weighted by Gasteiger charge is 2.46. The number of piperidine rings is 2. The summed E-state index contributed by atoms with van der Waals surface area (Å²) in [5, 5.41) is 9.03. The molecule has 3 N–H and O–H groups in total.